The maximum Gasteiger partial charge on any atom is 0.231 e. The topological polar surface area (TPSA) is 47.1 Å². The van der Waals surface area contributed by atoms with Crippen LogP contribution in [0.2, 0.25) is 0 Å². The van der Waals surface area contributed by atoms with Crippen LogP contribution in [0, 0.1) is 0 Å². The van der Waals surface area contributed by atoms with Gasteiger partial charge in [0.05, 0.1) is 7.11 Å². The molecule has 0 bridgehead atoms. The average molecular weight is 369 g/mol. The summed E-state index contributed by atoms with van der Waals surface area (Å²) in [4.78, 5) is 9.11. The molecule has 3 heterocycles. The molecule has 6 heteroatoms. The van der Waals surface area contributed by atoms with Crippen LogP contribution in [-0.2, 0) is 13.1 Å². The number of ether oxygens (including phenoxy) is 3. The number of methoxy groups -OCH3 is 1. The monoisotopic (exact) mass is 369 g/mol. The predicted molar refractivity (Wildman–Crippen MR) is 103 cm³/mol. The van der Waals surface area contributed by atoms with Gasteiger partial charge in [-0.3, -0.25) is 9.88 Å². The van der Waals surface area contributed by atoms with Gasteiger partial charge in [-0.05, 0) is 56.7 Å². The van der Waals surface area contributed by atoms with Gasteiger partial charge in [0.25, 0.3) is 0 Å². The normalized spacial score (nSPS) is 17.4. The molecule has 27 heavy (non-hydrogen) atoms. The highest BCUT2D eigenvalue weighted by Gasteiger charge is 2.26. The Bertz CT molecular complexity index is 761. The van der Waals surface area contributed by atoms with Crippen molar-refractivity contribution in [2.24, 2.45) is 0 Å². The Hall–Kier alpha value is -2.31. The Labute approximate surface area is 160 Å². The second kappa shape index (κ2) is 8.15. The highest BCUT2D eigenvalue weighted by Crippen LogP contribution is 2.39. The summed E-state index contributed by atoms with van der Waals surface area (Å²) in [6, 6.07) is 8.74. The maximum atomic E-state index is 5.65. The highest BCUT2D eigenvalue weighted by atomic mass is 16.7. The molecule has 0 spiro atoms. The van der Waals surface area contributed by atoms with E-state index in [9.17, 15) is 0 Å². The number of aromatic nitrogens is 1. The molecular formula is C21H27N3O3. The van der Waals surface area contributed by atoms with Crippen molar-refractivity contribution in [2.45, 2.75) is 32.0 Å². The molecule has 1 aromatic heterocycles. The minimum atomic E-state index is 0.275. The summed E-state index contributed by atoms with van der Waals surface area (Å²) in [5.74, 6) is 2.42. The molecule has 1 fully saturated rings. The zero-order valence-electron chi connectivity index (χ0n) is 16.1. The third-order valence-corrected chi connectivity index (χ3v) is 5.49. The summed E-state index contributed by atoms with van der Waals surface area (Å²) in [7, 11) is 3.91. The molecule has 144 valence electrons. The maximum absolute atomic E-state index is 5.65. The first-order valence-corrected chi connectivity index (χ1v) is 9.51. The van der Waals surface area contributed by atoms with Crippen molar-refractivity contribution in [3.8, 4) is 17.2 Å². The van der Waals surface area contributed by atoms with Gasteiger partial charge >= 0.3 is 0 Å². The van der Waals surface area contributed by atoms with Crippen LogP contribution in [0.15, 0.2) is 36.7 Å². The lowest BCUT2D eigenvalue weighted by atomic mass is 10.0. The fourth-order valence-corrected chi connectivity index (χ4v) is 3.89. The van der Waals surface area contributed by atoms with Crippen LogP contribution in [0.4, 0.5) is 0 Å². The van der Waals surface area contributed by atoms with E-state index in [-0.39, 0.29) is 6.79 Å². The molecule has 6 nitrogen and oxygen atoms in total. The van der Waals surface area contributed by atoms with Gasteiger partial charge in [0.15, 0.2) is 11.5 Å². The third kappa shape index (κ3) is 4.17. The zero-order valence-corrected chi connectivity index (χ0v) is 16.1. The smallest absolute Gasteiger partial charge is 0.231 e. The second-order valence-electron chi connectivity index (χ2n) is 7.31. The number of benzene rings is 1. The van der Waals surface area contributed by atoms with Crippen molar-refractivity contribution in [2.75, 3.05) is 34.0 Å². The first-order chi connectivity index (χ1) is 13.2. The van der Waals surface area contributed by atoms with E-state index in [2.05, 4.69) is 40.0 Å². The lowest BCUT2D eigenvalue weighted by Gasteiger charge is -2.37. The largest absolute Gasteiger partial charge is 0.496 e. The summed E-state index contributed by atoms with van der Waals surface area (Å²) < 4.78 is 16.7. The van der Waals surface area contributed by atoms with E-state index in [1.165, 1.54) is 18.4 Å². The minimum Gasteiger partial charge on any atom is -0.496 e. The summed E-state index contributed by atoms with van der Waals surface area (Å²) in [6.45, 7) is 4.26. The van der Waals surface area contributed by atoms with E-state index in [0.29, 0.717) is 6.04 Å². The van der Waals surface area contributed by atoms with Crippen LogP contribution in [0.25, 0.3) is 0 Å². The van der Waals surface area contributed by atoms with E-state index in [4.69, 9.17) is 14.2 Å². The summed E-state index contributed by atoms with van der Waals surface area (Å²) in [6.07, 6.45) is 6.08. The number of nitrogens with zero attached hydrogens (tertiary/aromatic N) is 3. The van der Waals surface area contributed by atoms with Gasteiger partial charge in [-0.15, -0.1) is 0 Å². The average Bonchev–Trinajstić information content (AvgIpc) is 3.15. The Balaban J connectivity index is 1.59. The van der Waals surface area contributed by atoms with Gasteiger partial charge in [0.1, 0.15) is 5.75 Å². The van der Waals surface area contributed by atoms with Crippen LogP contribution in [0.5, 0.6) is 17.2 Å². The SMILES string of the molecule is COc1cc2c(cc1CN(Cc1ccncc1)C1CCN(C)CC1)OCO2. The summed E-state index contributed by atoms with van der Waals surface area (Å²) in [5.41, 5.74) is 2.42. The van der Waals surface area contributed by atoms with Crippen LogP contribution >= 0.6 is 0 Å². The van der Waals surface area contributed by atoms with Crippen molar-refractivity contribution in [1.29, 1.82) is 0 Å². The molecule has 2 aromatic rings. The quantitative estimate of drug-likeness (QED) is 0.780. The number of fused-ring (bicyclic) bond motifs is 1. The first-order valence-electron chi connectivity index (χ1n) is 9.51. The van der Waals surface area contributed by atoms with Gasteiger partial charge in [0, 0.05) is 43.2 Å². The molecule has 2 aliphatic heterocycles. The lowest BCUT2D eigenvalue weighted by molar-refractivity contribution is 0.107. The summed E-state index contributed by atoms with van der Waals surface area (Å²) >= 11 is 0. The summed E-state index contributed by atoms with van der Waals surface area (Å²) in [5, 5.41) is 0. The highest BCUT2D eigenvalue weighted by molar-refractivity contribution is 5.51. The molecule has 2 aliphatic rings. The van der Waals surface area contributed by atoms with E-state index < -0.39 is 0 Å². The van der Waals surface area contributed by atoms with Crippen molar-refractivity contribution >= 4 is 0 Å². The Kier molecular flexibility index (Phi) is 5.45. The van der Waals surface area contributed by atoms with Crippen molar-refractivity contribution < 1.29 is 14.2 Å². The van der Waals surface area contributed by atoms with E-state index in [1.54, 1.807) is 7.11 Å². The fourth-order valence-electron chi connectivity index (χ4n) is 3.89. The molecule has 0 aliphatic carbocycles. The van der Waals surface area contributed by atoms with Gasteiger partial charge in [-0.2, -0.15) is 0 Å². The van der Waals surface area contributed by atoms with Crippen LogP contribution < -0.4 is 14.2 Å². The molecule has 0 N–H and O–H groups in total. The van der Waals surface area contributed by atoms with Crippen LogP contribution in [0.1, 0.15) is 24.0 Å². The second-order valence-corrected chi connectivity index (χ2v) is 7.31. The molecule has 0 saturated carbocycles. The number of pyridine rings is 1. The number of hydrogen-bond donors (Lipinski definition) is 0. The number of rotatable bonds is 6. The molecule has 1 aromatic carbocycles. The number of piperidine rings is 1. The van der Waals surface area contributed by atoms with Crippen molar-refractivity contribution in [3.63, 3.8) is 0 Å². The lowest BCUT2D eigenvalue weighted by Crippen LogP contribution is -2.43. The van der Waals surface area contributed by atoms with Gasteiger partial charge in [-0.25, -0.2) is 0 Å². The van der Waals surface area contributed by atoms with E-state index in [0.717, 1.165) is 49.0 Å². The standard InChI is InChI=1S/C21H27N3O3/c1-23-9-5-18(6-10-23)24(13-16-3-7-22-8-4-16)14-17-11-20-21(27-15-26-20)12-19(17)25-2/h3-4,7-8,11-12,18H,5-6,9-10,13-15H2,1-2H3. The van der Waals surface area contributed by atoms with Crippen molar-refractivity contribution in [1.82, 2.24) is 14.8 Å². The predicted octanol–water partition coefficient (Wildman–Crippen LogP) is 2.92. The van der Waals surface area contributed by atoms with Gasteiger partial charge in [0.2, 0.25) is 6.79 Å². The Morgan fingerprint density at radius 2 is 1.81 bits per heavy atom. The van der Waals surface area contributed by atoms with E-state index >= 15 is 0 Å². The molecule has 0 amide bonds. The molecule has 0 atom stereocenters. The molecule has 4 rings (SSSR count). The molecule has 0 radical (unpaired) electrons. The molecule has 1 saturated heterocycles. The first kappa shape index (κ1) is 18.1. The van der Waals surface area contributed by atoms with Crippen LogP contribution in [-0.4, -0.2) is 54.9 Å². The number of likely N-dealkylation sites (tertiary alicyclic amines) is 1. The Morgan fingerprint density at radius 1 is 1.11 bits per heavy atom. The van der Waals surface area contributed by atoms with Crippen molar-refractivity contribution in [3.05, 3.63) is 47.8 Å². The fraction of sp³-hybridized carbons (Fsp3) is 0.476. The Morgan fingerprint density at radius 3 is 2.52 bits per heavy atom. The molecule has 0 unspecified atom stereocenters. The minimum absolute atomic E-state index is 0.275. The van der Waals surface area contributed by atoms with Crippen LogP contribution in [0.3, 0.4) is 0 Å². The number of hydrogen-bond acceptors (Lipinski definition) is 6. The molecular weight excluding hydrogens is 342 g/mol. The zero-order chi connectivity index (χ0) is 18.6. The van der Waals surface area contributed by atoms with Gasteiger partial charge < -0.3 is 19.1 Å². The van der Waals surface area contributed by atoms with Gasteiger partial charge in [-0.1, -0.05) is 0 Å². The van der Waals surface area contributed by atoms with E-state index in [1.807, 2.05) is 18.5 Å². The third-order valence-electron chi connectivity index (χ3n) is 5.49.